The van der Waals surface area contributed by atoms with Gasteiger partial charge < -0.3 is 14.2 Å². The van der Waals surface area contributed by atoms with Crippen molar-refractivity contribution in [3.05, 3.63) is 0 Å². The van der Waals surface area contributed by atoms with E-state index in [4.69, 9.17) is 14.2 Å². The Balaban J connectivity index is 2.32. The summed E-state index contributed by atoms with van der Waals surface area (Å²) in [6, 6.07) is 0. The Hall–Kier alpha value is -0.610. The molecule has 4 nitrogen and oxygen atoms in total. The maximum atomic E-state index is 11.6. The lowest BCUT2D eigenvalue weighted by atomic mass is 9.95. The number of carbonyl (C=O) groups excluding carboxylic acids is 1. The summed E-state index contributed by atoms with van der Waals surface area (Å²) in [5, 5.41) is 0. The summed E-state index contributed by atoms with van der Waals surface area (Å²) in [5.41, 5.74) is 0. The van der Waals surface area contributed by atoms with Crippen LogP contribution in [0.1, 0.15) is 39.5 Å². The van der Waals surface area contributed by atoms with Gasteiger partial charge in [-0.15, -0.1) is 0 Å². The highest BCUT2D eigenvalue weighted by atomic mass is 16.6. The number of carbonyl (C=O) groups is 1. The molecular weight excluding hydrogens is 208 g/mol. The fraction of sp³-hybridized carbons (Fsp3) is 0.917. The van der Waals surface area contributed by atoms with E-state index in [2.05, 4.69) is 0 Å². The Morgan fingerprint density at radius 1 is 1.38 bits per heavy atom. The first-order chi connectivity index (χ1) is 7.67. The molecule has 0 aromatic carbocycles. The lowest BCUT2D eigenvalue weighted by molar-refractivity contribution is -0.164. The highest BCUT2D eigenvalue weighted by Crippen LogP contribution is 2.23. The van der Waals surface area contributed by atoms with Crippen molar-refractivity contribution >= 4 is 5.97 Å². The molecule has 0 amide bonds. The van der Waals surface area contributed by atoms with Crippen LogP contribution in [0.15, 0.2) is 0 Å². The van der Waals surface area contributed by atoms with Crippen LogP contribution in [0.25, 0.3) is 0 Å². The third-order valence-corrected chi connectivity index (χ3v) is 2.94. The molecule has 0 aromatic heterocycles. The van der Waals surface area contributed by atoms with Gasteiger partial charge in [-0.05, 0) is 33.1 Å². The van der Waals surface area contributed by atoms with Gasteiger partial charge in [-0.3, -0.25) is 0 Å². The largest absolute Gasteiger partial charge is 0.460 e. The van der Waals surface area contributed by atoms with Crippen LogP contribution < -0.4 is 0 Å². The molecule has 0 aliphatic heterocycles. The molecule has 1 rings (SSSR count). The van der Waals surface area contributed by atoms with Crippen molar-refractivity contribution in [2.24, 2.45) is 0 Å². The van der Waals surface area contributed by atoms with E-state index in [1.807, 2.05) is 6.92 Å². The molecule has 4 heteroatoms. The second kappa shape index (κ2) is 6.86. The van der Waals surface area contributed by atoms with Gasteiger partial charge >= 0.3 is 5.97 Å². The van der Waals surface area contributed by atoms with E-state index in [-0.39, 0.29) is 18.2 Å². The van der Waals surface area contributed by atoms with E-state index in [1.165, 1.54) is 0 Å². The third-order valence-electron chi connectivity index (χ3n) is 2.94. The molecule has 0 saturated heterocycles. The Kier molecular flexibility index (Phi) is 5.77. The Labute approximate surface area is 97.2 Å². The molecule has 0 aromatic rings. The number of hydrogen-bond donors (Lipinski definition) is 0. The summed E-state index contributed by atoms with van der Waals surface area (Å²) in [6.07, 6.45) is 3.62. The van der Waals surface area contributed by atoms with Crippen molar-refractivity contribution in [3.63, 3.8) is 0 Å². The molecular formula is C12H22O4. The van der Waals surface area contributed by atoms with E-state index >= 15 is 0 Å². The third kappa shape index (κ3) is 4.10. The molecule has 0 N–H and O–H groups in total. The standard InChI is InChI=1S/C12H22O4/c1-4-15-9(2)12(13)16-11-7-5-6-10(8-11)14-3/h9-11H,4-8H2,1-3H3/t9-,10+,11-/m1/s1. The van der Waals surface area contributed by atoms with E-state index < -0.39 is 6.10 Å². The van der Waals surface area contributed by atoms with Gasteiger partial charge in [0.05, 0.1) is 6.10 Å². The lowest BCUT2D eigenvalue weighted by Crippen LogP contribution is -2.33. The maximum Gasteiger partial charge on any atom is 0.335 e. The minimum absolute atomic E-state index is 0.00546. The van der Waals surface area contributed by atoms with Crippen LogP contribution in [-0.2, 0) is 19.0 Å². The van der Waals surface area contributed by atoms with Crippen LogP contribution in [0.3, 0.4) is 0 Å². The molecule has 1 aliphatic carbocycles. The summed E-state index contributed by atoms with van der Waals surface area (Å²) < 4.78 is 15.9. The Bertz CT molecular complexity index is 217. The predicted molar refractivity (Wildman–Crippen MR) is 60.2 cm³/mol. The molecule has 3 atom stereocenters. The average Bonchev–Trinajstić information content (AvgIpc) is 2.29. The molecule has 0 heterocycles. The van der Waals surface area contributed by atoms with Crippen LogP contribution in [0.2, 0.25) is 0 Å². The zero-order valence-electron chi connectivity index (χ0n) is 10.4. The summed E-state index contributed by atoms with van der Waals surface area (Å²) in [6.45, 7) is 4.12. The zero-order valence-corrected chi connectivity index (χ0v) is 10.4. The quantitative estimate of drug-likeness (QED) is 0.677. The second-order valence-corrected chi connectivity index (χ2v) is 4.18. The van der Waals surface area contributed by atoms with Gasteiger partial charge in [0.25, 0.3) is 0 Å². The van der Waals surface area contributed by atoms with Crippen molar-refractivity contribution in [3.8, 4) is 0 Å². The van der Waals surface area contributed by atoms with Crippen molar-refractivity contribution in [1.29, 1.82) is 0 Å². The van der Waals surface area contributed by atoms with E-state index in [1.54, 1.807) is 14.0 Å². The molecule has 1 fully saturated rings. The van der Waals surface area contributed by atoms with Crippen molar-refractivity contribution in [2.45, 2.75) is 57.8 Å². The van der Waals surface area contributed by atoms with Gasteiger partial charge in [0.15, 0.2) is 6.10 Å². The minimum Gasteiger partial charge on any atom is -0.460 e. The number of rotatable bonds is 5. The van der Waals surface area contributed by atoms with Gasteiger partial charge in [-0.2, -0.15) is 0 Å². The number of methoxy groups -OCH3 is 1. The normalized spacial score (nSPS) is 27.4. The first-order valence-corrected chi connectivity index (χ1v) is 6.02. The van der Waals surface area contributed by atoms with Gasteiger partial charge in [-0.25, -0.2) is 4.79 Å². The smallest absolute Gasteiger partial charge is 0.335 e. The summed E-state index contributed by atoms with van der Waals surface area (Å²) in [7, 11) is 1.71. The molecule has 1 saturated carbocycles. The van der Waals surface area contributed by atoms with Crippen LogP contribution in [0, 0.1) is 0 Å². The molecule has 16 heavy (non-hydrogen) atoms. The number of esters is 1. The molecule has 0 unspecified atom stereocenters. The Morgan fingerprint density at radius 3 is 2.69 bits per heavy atom. The van der Waals surface area contributed by atoms with Crippen LogP contribution in [-0.4, -0.2) is 38.0 Å². The number of hydrogen-bond acceptors (Lipinski definition) is 4. The van der Waals surface area contributed by atoms with Crippen LogP contribution in [0.5, 0.6) is 0 Å². The minimum atomic E-state index is -0.465. The van der Waals surface area contributed by atoms with Crippen LogP contribution >= 0.6 is 0 Å². The monoisotopic (exact) mass is 230 g/mol. The van der Waals surface area contributed by atoms with E-state index in [0.29, 0.717) is 6.61 Å². The van der Waals surface area contributed by atoms with Gasteiger partial charge in [0, 0.05) is 20.1 Å². The van der Waals surface area contributed by atoms with Crippen molar-refractivity contribution < 1.29 is 19.0 Å². The fourth-order valence-electron chi connectivity index (χ4n) is 2.00. The van der Waals surface area contributed by atoms with Crippen molar-refractivity contribution in [1.82, 2.24) is 0 Å². The van der Waals surface area contributed by atoms with Gasteiger partial charge in [0.1, 0.15) is 6.10 Å². The van der Waals surface area contributed by atoms with E-state index in [9.17, 15) is 4.79 Å². The second-order valence-electron chi connectivity index (χ2n) is 4.18. The molecule has 0 radical (unpaired) electrons. The topological polar surface area (TPSA) is 44.8 Å². The highest BCUT2D eigenvalue weighted by molar-refractivity contribution is 5.74. The molecule has 0 spiro atoms. The summed E-state index contributed by atoms with van der Waals surface area (Å²) in [5.74, 6) is -0.261. The highest BCUT2D eigenvalue weighted by Gasteiger charge is 2.26. The molecule has 94 valence electrons. The summed E-state index contributed by atoms with van der Waals surface area (Å²) >= 11 is 0. The first-order valence-electron chi connectivity index (χ1n) is 6.02. The van der Waals surface area contributed by atoms with E-state index in [0.717, 1.165) is 25.7 Å². The lowest BCUT2D eigenvalue weighted by Gasteiger charge is -2.28. The van der Waals surface area contributed by atoms with Gasteiger partial charge in [0.2, 0.25) is 0 Å². The molecule has 1 aliphatic rings. The zero-order chi connectivity index (χ0) is 12.0. The maximum absolute atomic E-state index is 11.6. The summed E-state index contributed by atoms with van der Waals surface area (Å²) in [4.78, 5) is 11.6. The van der Waals surface area contributed by atoms with Crippen LogP contribution in [0.4, 0.5) is 0 Å². The molecule has 0 bridgehead atoms. The first kappa shape index (κ1) is 13.5. The SMILES string of the molecule is CCO[C@H](C)C(=O)O[C@@H]1CCC[C@H](OC)C1. The predicted octanol–water partition coefficient (Wildman–Crippen LogP) is 1.91. The Morgan fingerprint density at radius 2 is 2.06 bits per heavy atom. The van der Waals surface area contributed by atoms with Crippen molar-refractivity contribution in [2.75, 3.05) is 13.7 Å². The fourth-order valence-corrected chi connectivity index (χ4v) is 2.00. The number of ether oxygens (including phenoxy) is 3. The van der Waals surface area contributed by atoms with Gasteiger partial charge in [-0.1, -0.05) is 0 Å². The average molecular weight is 230 g/mol.